The van der Waals surface area contributed by atoms with Gasteiger partial charge in [-0.05, 0) is 25.7 Å². The topological polar surface area (TPSA) is 85.6 Å². The molecule has 1 fully saturated rings. The lowest BCUT2D eigenvalue weighted by Crippen LogP contribution is -2.38. The first-order valence-electron chi connectivity index (χ1n) is 8.33. The van der Waals surface area contributed by atoms with E-state index in [1.54, 1.807) is 18.6 Å². The fourth-order valence-corrected chi connectivity index (χ4v) is 3.60. The van der Waals surface area contributed by atoms with E-state index in [4.69, 9.17) is 0 Å². The van der Waals surface area contributed by atoms with Crippen LogP contribution in [-0.2, 0) is 11.3 Å². The van der Waals surface area contributed by atoms with Gasteiger partial charge in [-0.1, -0.05) is 12.8 Å². The predicted molar refractivity (Wildman–Crippen MR) is 83.4 cm³/mol. The van der Waals surface area contributed by atoms with Crippen molar-refractivity contribution in [2.75, 3.05) is 0 Å². The van der Waals surface area contributed by atoms with Crippen molar-refractivity contribution in [2.24, 2.45) is 0 Å². The maximum absolute atomic E-state index is 12.6. The zero-order valence-electron chi connectivity index (χ0n) is 13.0. The summed E-state index contributed by atoms with van der Waals surface area (Å²) in [6.45, 7) is 0.821. The van der Waals surface area contributed by atoms with Gasteiger partial charge in [0, 0.05) is 25.0 Å². The molecular weight excluding hydrogens is 292 g/mol. The second-order valence-corrected chi connectivity index (χ2v) is 6.31. The molecule has 1 atom stereocenters. The molecule has 0 saturated heterocycles. The van der Waals surface area contributed by atoms with Crippen molar-refractivity contribution in [1.82, 2.24) is 30.0 Å². The molecule has 0 bridgehead atoms. The van der Waals surface area contributed by atoms with Crippen LogP contribution in [0.3, 0.4) is 0 Å². The van der Waals surface area contributed by atoms with E-state index in [1.807, 2.05) is 4.57 Å². The minimum absolute atomic E-state index is 0.0935. The Morgan fingerprint density at radius 1 is 1.13 bits per heavy atom. The number of aromatic nitrogens is 5. The summed E-state index contributed by atoms with van der Waals surface area (Å²) < 4.78 is 2.02. The summed E-state index contributed by atoms with van der Waals surface area (Å²) in [6.07, 6.45) is 11.3. The molecule has 2 aliphatic rings. The number of fused-ring (bicyclic) bond motifs is 1. The van der Waals surface area contributed by atoms with Crippen molar-refractivity contribution in [3.05, 3.63) is 24.4 Å². The Labute approximate surface area is 134 Å². The number of hydrogen-bond donors (Lipinski definition) is 1. The van der Waals surface area contributed by atoms with Crippen LogP contribution in [0.1, 0.15) is 50.3 Å². The van der Waals surface area contributed by atoms with Crippen LogP contribution in [0.2, 0.25) is 0 Å². The molecule has 1 aliphatic carbocycles. The van der Waals surface area contributed by atoms with Crippen LogP contribution in [0.5, 0.6) is 0 Å². The minimum atomic E-state index is -0.206. The molecular formula is C16H20N6O. The molecule has 2 aromatic rings. The molecule has 3 heterocycles. The summed E-state index contributed by atoms with van der Waals surface area (Å²) in [4.78, 5) is 21.0. The fourth-order valence-electron chi connectivity index (χ4n) is 3.60. The molecule has 0 aromatic carbocycles. The predicted octanol–water partition coefficient (Wildman–Crippen LogP) is 1.67. The summed E-state index contributed by atoms with van der Waals surface area (Å²) in [6, 6.07) is 0.334. The highest BCUT2D eigenvalue weighted by molar-refractivity contribution is 5.83. The molecule has 1 saturated carbocycles. The molecule has 7 nitrogen and oxygen atoms in total. The Bertz CT molecular complexity index is 692. The van der Waals surface area contributed by atoms with Crippen molar-refractivity contribution < 1.29 is 4.79 Å². The van der Waals surface area contributed by atoms with Crippen molar-refractivity contribution in [2.45, 2.75) is 57.0 Å². The summed E-state index contributed by atoms with van der Waals surface area (Å²) >= 11 is 0. The van der Waals surface area contributed by atoms with Crippen LogP contribution in [-0.4, -0.2) is 36.7 Å². The van der Waals surface area contributed by atoms with Crippen molar-refractivity contribution in [3.63, 3.8) is 0 Å². The molecule has 23 heavy (non-hydrogen) atoms. The summed E-state index contributed by atoms with van der Waals surface area (Å²) in [5, 5.41) is 11.7. The summed E-state index contributed by atoms with van der Waals surface area (Å²) in [7, 11) is 0. The van der Waals surface area contributed by atoms with E-state index in [1.165, 1.54) is 12.8 Å². The highest BCUT2D eigenvalue weighted by atomic mass is 16.2. The first-order valence-corrected chi connectivity index (χ1v) is 8.33. The van der Waals surface area contributed by atoms with Gasteiger partial charge in [0.25, 0.3) is 0 Å². The third-order valence-electron chi connectivity index (χ3n) is 4.78. The quantitative estimate of drug-likeness (QED) is 0.932. The number of carbonyl (C=O) groups excluding carboxylic acids is 1. The van der Waals surface area contributed by atoms with Gasteiger partial charge in [-0.25, -0.2) is 4.98 Å². The lowest BCUT2D eigenvalue weighted by atomic mass is 9.97. The Morgan fingerprint density at radius 3 is 2.78 bits per heavy atom. The number of nitrogens with one attached hydrogen (secondary N) is 1. The normalized spacial score (nSPS) is 21.1. The van der Waals surface area contributed by atoms with Crippen molar-refractivity contribution >= 4 is 5.91 Å². The van der Waals surface area contributed by atoms with Gasteiger partial charge in [0.15, 0.2) is 5.82 Å². The van der Waals surface area contributed by atoms with Crippen LogP contribution in [0.25, 0.3) is 11.5 Å². The molecule has 1 unspecified atom stereocenters. The van der Waals surface area contributed by atoms with Crippen LogP contribution >= 0.6 is 0 Å². The fraction of sp³-hybridized carbons (Fsp3) is 0.562. The van der Waals surface area contributed by atoms with Crippen LogP contribution in [0.4, 0.5) is 0 Å². The molecule has 2 aromatic heterocycles. The Hall–Kier alpha value is -2.31. The maximum Gasteiger partial charge on any atom is 0.231 e. The van der Waals surface area contributed by atoms with E-state index in [9.17, 15) is 4.79 Å². The first-order chi connectivity index (χ1) is 11.3. The number of amides is 1. The molecule has 7 heteroatoms. The largest absolute Gasteiger partial charge is 0.353 e. The zero-order chi connectivity index (χ0) is 15.6. The average Bonchev–Trinajstić information content (AvgIpc) is 3.24. The molecule has 0 radical (unpaired) electrons. The number of nitrogens with zero attached hydrogens (tertiary/aromatic N) is 5. The molecule has 120 valence electrons. The van der Waals surface area contributed by atoms with Gasteiger partial charge in [-0.2, -0.15) is 0 Å². The smallest absolute Gasteiger partial charge is 0.231 e. The lowest BCUT2D eigenvalue weighted by molar-refractivity contribution is -0.123. The molecule has 1 amide bonds. The van der Waals surface area contributed by atoms with Crippen molar-refractivity contribution in [1.29, 1.82) is 0 Å². The second kappa shape index (κ2) is 6.06. The lowest BCUT2D eigenvalue weighted by Gasteiger charge is -2.24. The van der Waals surface area contributed by atoms with E-state index in [-0.39, 0.29) is 11.8 Å². The molecule has 1 N–H and O–H groups in total. The van der Waals surface area contributed by atoms with Gasteiger partial charge in [0.1, 0.15) is 11.5 Å². The second-order valence-electron chi connectivity index (χ2n) is 6.31. The van der Waals surface area contributed by atoms with Gasteiger partial charge >= 0.3 is 0 Å². The Kier molecular flexibility index (Phi) is 3.77. The van der Waals surface area contributed by atoms with Gasteiger partial charge in [0.05, 0.1) is 12.1 Å². The van der Waals surface area contributed by atoms with E-state index in [0.717, 1.165) is 38.1 Å². The van der Waals surface area contributed by atoms with E-state index < -0.39 is 0 Å². The van der Waals surface area contributed by atoms with Crippen LogP contribution in [0.15, 0.2) is 18.6 Å². The number of carbonyl (C=O) groups is 1. The third kappa shape index (κ3) is 2.71. The molecule has 1 aliphatic heterocycles. The van der Waals surface area contributed by atoms with Crippen LogP contribution in [0, 0.1) is 0 Å². The van der Waals surface area contributed by atoms with Gasteiger partial charge in [-0.15, -0.1) is 10.2 Å². The van der Waals surface area contributed by atoms with E-state index in [2.05, 4.69) is 25.5 Å². The summed E-state index contributed by atoms with van der Waals surface area (Å²) in [5.74, 6) is 1.34. The Balaban J connectivity index is 1.59. The number of hydrogen-bond acceptors (Lipinski definition) is 5. The average molecular weight is 312 g/mol. The molecule has 0 spiro atoms. The minimum Gasteiger partial charge on any atom is -0.353 e. The third-order valence-corrected chi connectivity index (χ3v) is 4.78. The van der Waals surface area contributed by atoms with E-state index in [0.29, 0.717) is 17.6 Å². The SMILES string of the molecule is O=C(NC1CCCC1)C1CCCn2c(-c3cnccn3)nnc21. The highest BCUT2D eigenvalue weighted by Gasteiger charge is 2.32. The molecule has 4 rings (SSSR count). The monoisotopic (exact) mass is 312 g/mol. The highest BCUT2D eigenvalue weighted by Crippen LogP contribution is 2.30. The van der Waals surface area contributed by atoms with Gasteiger partial charge < -0.3 is 9.88 Å². The summed E-state index contributed by atoms with van der Waals surface area (Å²) in [5.41, 5.74) is 0.697. The van der Waals surface area contributed by atoms with Gasteiger partial charge in [0.2, 0.25) is 5.91 Å². The van der Waals surface area contributed by atoms with E-state index >= 15 is 0 Å². The first kappa shape index (κ1) is 14.3. The zero-order valence-corrected chi connectivity index (χ0v) is 13.0. The standard InChI is InChI=1S/C16H20N6O/c23-16(19-11-4-1-2-5-11)12-6-3-9-22-14(12)20-21-15(22)13-10-17-7-8-18-13/h7-8,10-12H,1-6,9H2,(H,19,23). The van der Waals surface area contributed by atoms with Crippen molar-refractivity contribution in [3.8, 4) is 11.5 Å². The van der Waals surface area contributed by atoms with Gasteiger partial charge in [-0.3, -0.25) is 9.78 Å². The number of rotatable bonds is 3. The Morgan fingerprint density at radius 2 is 2.00 bits per heavy atom. The van der Waals surface area contributed by atoms with Crippen LogP contribution < -0.4 is 5.32 Å². The maximum atomic E-state index is 12.6.